The number of hydrogen-bond acceptors (Lipinski definition) is 3. The van der Waals surface area contributed by atoms with Gasteiger partial charge >= 0.3 is 6.09 Å². The molecule has 1 fully saturated rings. The second-order valence-electron chi connectivity index (χ2n) is 6.84. The van der Waals surface area contributed by atoms with Gasteiger partial charge in [-0.3, -0.25) is 0 Å². The van der Waals surface area contributed by atoms with Crippen molar-refractivity contribution in [3.05, 3.63) is 34.9 Å². The van der Waals surface area contributed by atoms with E-state index in [0.717, 1.165) is 5.56 Å². The van der Waals surface area contributed by atoms with Crippen molar-refractivity contribution in [1.82, 2.24) is 4.90 Å². The van der Waals surface area contributed by atoms with Crippen molar-refractivity contribution in [2.75, 3.05) is 6.54 Å². The fourth-order valence-electron chi connectivity index (χ4n) is 2.68. The van der Waals surface area contributed by atoms with Crippen molar-refractivity contribution in [2.24, 2.45) is 0 Å². The molecular formula is C17H24ClNO3. The van der Waals surface area contributed by atoms with Crippen molar-refractivity contribution in [3.8, 4) is 0 Å². The van der Waals surface area contributed by atoms with Crippen LogP contribution in [0.2, 0.25) is 5.02 Å². The molecular weight excluding hydrogens is 302 g/mol. The highest BCUT2D eigenvalue weighted by Gasteiger charge is 2.33. The van der Waals surface area contributed by atoms with Gasteiger partial charge in [0.2, 0.25) is 0 Å². The maximum Gasteiger partial charge on any atom is 0.410 e. The molecule has 1 aromatic rings. The van der Waals surface area contributed by atoms with Crippen LogP contribution < -0.4 is 0 Å². The maximum atomic E-state index is 12.4. The molecule has 2 atom stereocenters. The number of aliphatic hydroxyl groups excluding tert-OH is 1. The average Bonchev–Trinajstić information content (AvgIpc) is 2.39. The summed E-state index contributed by atoms with van der Waals surface area (Å²) in [4.78, 5) is 14.1. The molecule has 1 unspecified atom stereocenters. The molecule has 0 aliphatic carbocycles. The van der Waals surface area contributed by atoms with Crippen LogP contribution in [-0.4, -0.2) is 40.4 Å². The van der Waals surface area contributed by atoms with Gasteiger partial charge in [-0.2, -0.15) is 0 Å². The molecule has 0 bridgehead atoms. The number of halogens is 1. The standard InChI is InChI=1S/C17H24ClNO3/c1-17(2,3)22-16(21)19-9-8-15(20)11-14(19)10-12-4-6-13(18)7-5-12/h4-7,14-15,20H,8-11H2,1-3H3/t14-,15?/m0/s1. The van der Waals surface area contributed by atoms with Gasteiger partial charge in [0, 0.05) is 17.6 Å². The van der Waals surface area contributed by atoms with Crippen molar-refractivity contribution in [1.29, 1.82) is 0 Å². The van der Waals surface area contributed by atoms with Gasteiger partial charge in [-0.1, -0.05) is 23.7 Å². The molecule has 4 nitrogen and oxygen atoms in total. The van der Waals surface area contributed by atoms with Gasteiger partial charge in [-0.05, 0) is 57.7 Å². The minimum atomic E-state index is -0.516. The number of hydrogen-bond donors (Lipinski definition) is 1. The molecule has 0 aromatic heterocycles. The Bertz CT molecular complexity index is 510. The Morgan fingerprint density at radius 3 is 2.59 bits per heavy atom. The summed E-state index contributed by atoms with van der Waals surface area (Å²) >= 11 is 5.90. The van der Waals surface area contributed by atoms with Crippen LogP contribution in [0.1, 0.15) is 39.2 Å². The molecule has 5 heteroatoms. The van der Waals surface area contributed by atoms with Crippen molar-refractivity contribution < 1.29 is 14.6 Å². The molecule has 0 saturated carbocycles. The van der Waals surface area contributed by atoms with E-state index in [1.807, 2.05) is 45.0 Å². The van der Waals surface area contributed by atoms with Crippen LogP contribution >= 0.6 is 11.6 Å². The first-order chi connectivity index (χ1) is 10.2. The smallest absolute Gasteiger partial charge is 0.410 e. The van der Waals surface area contributed by atoms with Crippen LogP contribution in [0.4, 0.5) is 4.79 Å². The Balaban J connectivity index is 2.09. The number of piperidine rings is 1. The first-order valence-electron chi connectivity index (χ1n) is 7.67. The van der Waals surface area contributed by atoms with E-state index >= 15 is 0 Å². The van der Waals surface area contributed by atoms with Crippen LogP contribution in [0.15, 0.2) is 24.3 Å². The molecule has 122 valence electrons. The lowest BCUT2D eigenvalue weighted by Gasteiger charge is -2.38. The van der Waals surface area contributed by atoms with Gasteiger partial charge in [0.05, 0.1) is 6.10 Å². The molecule has 0 radical (unpaired) electrons. The summed E-state index contributed by atoms with van der Waals surface area (Å²) in [5, 5.41) is 10.6. The van der Waals surface area contributed by atoms with Gasteiger partial charge in [0.1, 0.15) is 5.60 Å². The summed E-state index contributed by atoms with van der Waals surface area (Å²) in [6.07, 6.45) is 1.18. The van der Waals surface area contributed by atoms with Crippen LogP contribution in [0.3, 0.4) is 0 Å². The number of amides is 1. The normalized spacial score (nSPS) is 22.5. The Kier molecular flexibility index (Phi) is 5.35. The SMILES string of the molecule is CC(C)(C)OC(=O)N1CCC(O)C[C@@H]1Cc1ccc(Cl)cc1. The zero-order valence-corrected chi connectivity index (χ0v) is 14.1. The molecule has 1 aliphatic heterocycles. The predicted octanol–water partition coefficient (Wildman–Crippen LogP) is 3.64. The molecule has 1 aromatic carbocycles. The zero-order valence-electron chi connectivity index (χ0n) is 13.4. The maximum absolute atomic E-state index is 12.4. The van der Waals surface area contributed by atoms with E-state index in [0.29, 0.717) is 30.8 Å². The third-order valence-corrected chi connectivity index (χ3v) is 3.95. The third-order valence-electron chi connectivity index (χ3n) is 3.70. The lowest BCUT2D eigenvalue weighted by molar-refractivity contribution is -0.00767. The summed E-state index contributed by atoms with van der Waals surface area (Å²) in [6, 6.07) is 7.54. The van der Waals surface area contributed by atoms with E-state index in [4.69, 9.17) is 16.3 Å². The zero-order chi connectivity index (χ0) is 16.3. The van der Waals surface area contributed by atoms with Crippen molar-refractivity contribution in [3.63, 3.8) is 0 Å². The number of likely N-dealkylation sites (tertiary alicyclic amines) is 1. The van der Waals surface area contributed by atoms with E-state index in [9.17, 15) is 9.90 Å². The Morgan fingerprint density at radius 2 is 2.00 bits per heavy atom. The van der Waals surface area contributed by atoms with E-state index in [-0.39, 0.29) is 18.2 Å². The molecule has 1 aliphatic rings. The van der Waals surface area contributed by atoms with E-state index in [1.165, 1.54) is 0 Å². The highest BCUT2D eigenvalue weighted by molar-refractivity contribution is 6.30. The predicted molar refractivity (Wildman–Crippen MR) is 87.1 cm³/mol. The Hall–Kier alpha value is -1.26. The molecule has 1 N–H and O–H groups in total. The van der Waals surface area contributed by atoms with Gasteiger partial charge < -0.3 is 14.7 Å². The lowest BCUT2D eigenvalue weighted by atomic mass is 9.94. The van der Waals surface area contributed by atoms with Gasteiger partial charge in [-0.15, -0.1) is 0 Å². The summed E-state index contributed by atoms with van der Waals surface area (Å²) < 4.78 is 5.48. The Labute approximate surface area is 137 Å². The molecule has 22 heavy (non-hydrogen) atoms. The highest BCUT2D eigenvalue weighted by Crippen LogP contribution is 2.24. The van der Waals surface area contributed by atoms with Crippen LogP contribution in [0.5, 0.6) is 0 Å². The van der Waals surface area contributed by atoms with Gasteiger partial charge in [0.25, 0.3) is 0 Å². The summed E-state index contributed by atoms with van der Waals surface area (Å²) in [5.74, 6) is 0. The lowest BCUT2D eigenvalue weighted by Crippen LogP contribution is -2.50. The molecule has 0 spiro atoms. The van der Waals surface area contributed by atoms with Gasteiger partial charge in [-0.25, -0.2) is 4.79 Å². The quantitative estimate of drug-likeness (QED) is 0.903. The van der Waals surface area contributed by atoms with Crippen molar-refractivity contribution >= 4 is 17.7 Å². The number of nitrogens with zero attached hydrogens (tertiary/aromatic N) is 1. The fourth-order valence-corrected chi connectivity index (χ4v) is 2.80. The topological polar surface area (TPSA) is 49.8 Å². The number of benzene rings is 1. The van der Waals surface area contributed by atoms with Gasteiger partial charge in [0.15, 0.2) is 0 Å². The van der Waals surface area contributed by atoms with E-state index < -0.39 is 5.60 Å². The molecule has 2 rings (SSSR count). The largest absolute Gasteiger partial charge is 0.444 e. The fraction of sp³-hybridized carbons (Fsp3) is 0.588. The number of ether oxygens (including phenoxy) is 1. The number of carbonyl (C=O) groups is 1. The number of rotatable bonds is 2. The first kappa shape index (κ1) is 17.1. The van der Waals surface area contributed by atoms with E-state index in [2.05, 4.69) is 0 Å². The summed E-state index contributed by atoms with van der Waals surface area (Å²) in [7, 11) is 0. The average molecular weight is 326 g/mol. The summed E-state index contributed by atoms with van der Waals surface area (Å²) in [6.45, 7) is 6.10. The minimum Gasteiger partial charge on any atom is -0.444 e. The molecule has 1 saturated heterocycles. The Morgan fingerprint density at radius 1 is 1.36 bits per heavy atom. The van der Waals surface area contributed by atoms with Crippen molar-refractivity contribution in [2.45, 2.75) is 57.8 Å². The minimum absolute atomic E-state index is 0.0558. The van der Waals surface area contributed by atoms with Crippen LogP contribution in [-0.2, 0) is 11.2 Å². The second-order valence-corrected chi connectivity index (χ2v) is 7.27. The third kappa shape index (κ3) is 4.89. The molecule has 1 amide bonds. The number of aliphatic hydroxyl groups is 1. The highest BCUT2D eigenvalue weighted by atomic mass is 35.5. The molecule has 1 heterocycles. The summed E-state index contributed by atoms with van der Waals surface area (Å²) in [5.41, 5.74) is 0.579. The second kappa shape index (κ2) is 6.88. The van der Waals surface area contributed by atoms with Crippen LogP contribution in [0, 0.1) is 0 Å². The first-order valence-corrected chi connectivity index (χ1v) is 8.04. The number of carbonyl (C=O) groups excluding carboxylic acids is 1. The monoisotopic (exact) mass is 325 g/mol. The van der Waals surface area contributed by atoms with Crippen LogP contribution in [0.25, 0.3) is 0 Å². The van der Waals surface area contributed by atoms with E-state index in [1.54, 1.807) is 4.90 Å².